The molecule has 0 N–H and O–H groups in total. The second-order valence-corrected chi connectivity index (χ2v) is 9.98. The molecule has 0 heterocycles. The molecule has 3 rings (SSSR count). The van der Waals surface area contributed by atoms with Gasteiger partial charge in [-0.05, 0) is 72.8 Å². The summed E-state index contributed by atoms with van der Waals surface area (Å²) in [4.78, 5) is 0. The van der Waals surface area contributed by atoms with Crippen molar-refractivity contribution in [3.05, 3.63) is 54.1 Å². The number of unbranched alkanes of at least 4 members (excludes halogenated alkanes) is 7. The Labute approximate surface area is 198 Å². The third kappa shape index (κ3) is 8.30. The maximum absolute atomic E-state index is 5.96. The highest BCUT2D eigenvalue weighted by molar-refractivity contribution is 5.64. The Kier molecular flexibility index (Phi) is 11.2. The molecule has 0 atom stereocenters. The molecular formula is C31H46O. The normalized spacial score (nSPS) is 18.6. The predicted octanol–water partition coefficient (Wildman–Crippen LogP) is 9.95. The van der Waals surface area contributed by atoms with Crippen molar-refractivity contribution in [3.63, 3.8) is 0 Å². The highest BCUT2D eigenvalue weighted by Gasteiger charge is 2.21. The van der Waals surface area contributed by atoms with Gasteiger partial charge in [-0.1, -0.05) is 108 Å². The molecule has 0 radical (unpaired) electrons. The molecule has 32 heavy (non-hydrogen) atoms. The molecule has 2 aromatic carbocycles. The quantitative estimate of drug-likeness (QED) is 0.269. The van der Waals surface area contributed by atoms with E-state index in [0.29, 0.717) is 0 Å². The van der Waals surface area contributed by atoms with Crippen LogP contribution < -0.4 is 4.74 Å². The van der Waals surface area contributed by atoms with Gasteiger partial charge in [-0.25, -0.2) is 0 Å². The van der Waals surface area contributed by atoms with Crippen LogP contribution in [-0.4, -0.2) is 6.61 Å². The zero-order chi connectivity index (χ0) is 22.4. The van der Waals surface area contributed by atoms with Crippen molar-refractivity contribution < 1.29 is 4.74 Å². The minimum Gasteiger partial charge on any atom is -0.494 e. The van der Waals surface area contributed by atoms with Crippen molar-refractivity contribution in [1.29, 1.82) is 0 Å². The molecule has 0 amide bonds. The van der Waals surface area contributed by atoms with E-state index in [1.807, 2.05) is 0 Å². The lowest BCUT2D eigenvalue weighted by atomic mass is 9.77. The average molecular weight is 435 g/mol. The third-order valence-corrected chi connectivity index (χ3v) is 7.40. The number of rotatable bonds is 14. The molecular weight excluding hydrogens is 388 g/mol. The van der Waals surface area contributed by atoms with E-state index in [4.69, 9.17) is 4.74 Å². The van der Waals surface area contributed by atoms with E-state index in [9.17, 15) is 0 Å². The summed E-state index contributed by atoms with van der Waals surface area (Å²) in [5, 5.41) is 0. The Hall–Kier alpha value is -1.76. The average Bonchev–Trinajstić information content (AvgIpc) is 2.85. The minimum absolute atomic E-state index is 0.768. The van der Waals surface area contributed by atoms with E-state index in [1.165, 1.54) is 100 Å². The van der Waals surface area contributed by atoms with Crippen LogP contribution in [-0.2, 0) is 0 Å². The van der Waals surface area contributed by atoms with Crippen LogP contribution in [0.25, 0.3) is 11.1 Å². The van der Waals surface area contributed by atoms with Gasteiger partial charge < -0.3 is 4.74 Å². The summed E-state index contributed by atoms with van der Waals surface area (Å²) < 4.78 is 5.96. The lowest BCUT2D eigenvalue weighted by molar-refractivity contribution is 0.304. The van der Waals surface area contributed by atoms with Gasteiger partial charge in [0, 0.05) is 0 Å². The molecule has 1 nitrogen and oxygen atoms in total. The third-order valence-electron chi connectivity index (χ3n) is 7.40. The van der Waals surface area contributed by atoms with Crippen molar-refractivity contribution in [3.8, 4) is 16.9 Å². The highest BCUT2D eigenvalue weighted by atomic mass is 16.5. The molecule has 0 spiro atoms. The van der Waals surface area contributed by atoms with Crippen LogP contribution in [0.5, 0.6) is 5.75 Å². The maximum atomic E-state index is 5.96. The van der Waals surface area contributed by atoms with Crippen LogP contribution in [0.2, 0.25) is 0 Å². The largest absolute Gasteiger partial charge is 0.494 e. The van der Waals surface area contributed by atoms with E-state index in [-0.39, 0.29) is 0 Å². The number of benzene rings is 2. The van der Waals surface area contributed by atoms with Gasteiger partial charge in [0.05, 0.1) is 6.61 Å². The summed E-state index contributed by atoms with van der Waals surface area (Å²) in [5.41, 5.74) is 4.13. The lowest BCUT2D eigenvalue weighted by Gasteiger charge is -2.29. The number of ether oxygens (including phenoxy) is 1. The molecule has 1 heteroatoms. The molecule has 1 saturated carbocycles. The predicted molar refractivity (Wildman–Crippen MR) is 140 cm³/mol. The first-order chi connectivity index (χ1) is 15.8. The van der Waals surface area contributed by atoms with Crippen LogP contribution in [0.4, 0.5) is 0 Å². The van der Waals surface area contributed by atoms with E-state index >= 15 is 0 Å². The SMILES string of the molecule is CCCCCCCCCOc1ccc(-c2ccc(C3CCC(CCCC)CC3)cc2)cc1. The Bertz CT molecular complexity index is 722. The first-order valence-corrected chi connectivity index (χ1v) is 13.6. The van der Waals surface area contributed by atoms with E-state index in [1.54, 1.807) is 0 Å². The van der Waals surface area contributed by atoms with Gasteiger partial charge in [-0.15, -0.1) is 0 Å². The zero-order valence-electron chi connectivity index (χ0n) is 20.8. The molecule has 0 saturated heterocycles. The van der Waals surface area contributed by atoms with Gasteiger partial charge in [0.15, 0.2) is 0 Å². The van der Waals surface area contributed by atoms with Gasteiger partial charge in [-0.3, -0.25) is 0 Å². The Morgan fingerprint density at radius 3 is 1.81 bits per heavy atom. The summed E-state index contributed by atoms with van der Waals surface area (Å²) >= 11 is 0. The Morgan fingerprint density at radius 2 is 1.19 bits per heavy atom. The highest BCUT2D eigenvalue weighted by Crippen LogP contribution is 2.38. The molecule has 1 aliphatic carbocycles. The monoisotopic (exact) mass is 434 g/mol. The van der Waals surface area contributed by atoms with E-state index in [0.717, 1.165) is 30.6 Å². The first kappa shape index (κ1) is 24.9. The minimum atomic E-state index is 0.768. The zero-order valence-corrected chi connectivity index (χ0v) is 20.8. The van der Waals surface area contributed by atoms with Gasteiger partial charge in [0.25, 0.3) is 0 Å². The van der Waals surface area contributed by atoms with Crippen LogP contribution in [0.3, 0.4) is 0 Å². The molecule has 176 valence electrons. The first-order valence-electron chi connectivity index (χ1n) is 13.6. The maximum Gasteiger partial charge on any atom is 0.119 e. The van der Waals surface area contributed by atoms with Gasteiger partial charge >= 0.3 is 0 Å². The van der Waals surface area contributed by atoms with Crippen molar-refractivity contribution in [2.45, 2.75) is 110 Å². The van der Waals surface area contributed by atoms with Crippen LogP contribution in [0.1, 0.15) is 115 Å². The summed E-state index contributed by atoms with van der Waals surface area (Å²) in [6.45, 7) is 5.42. The number of hydrogen-bond acceptors (Lipinski definition) is 1. The molecule has 0 aromatic heterocycles. The van der Waals surface area contributed by atoms with Crippen molar-refractivity contribution >= 4 is 0 Å². The summed E-state index contributed by atoms with van der Waals surface area (Å²) in [5.74, 6) is 2.75. The summed E-state index contributed by atoms with van der Waals surface area (Å²) in [6, 6.07) is 18.0. The van der Waals surface area contributed by atoms with E-state index in [2.05, 4.69) is 62.4 Å². The molecule has 0 bridgehead atoms. The fourth-order valence-corrected chi connectivity index (χ4v) is 5.22. The molecule has 1 fully saturated rings. The van der Waals surface area contributed by atoms with Gasteiger partial charge in [-0.2, -0.15) is 0 Å². The molecule has 1 aliphatic rings. The fraction of sp³-hybridized carbons (Fsp3) is 0.613. The van der Waals surface area contributed by atoms with Crippen LogP contribution in [0.15, 0.2) is 48.5 Å². The Balaban J connectivity index is 1.39. The smallest absolute Gasteiger partial charge is 0.119 e. The van der Waals surface area contributed by atoms with Crippen LogP contribution in [0, 0.1) is 5.92 Å². The molecule has 2 aromatic rings. The molecule has 0 unspecified atom stereocenters. The fourth-order valence-electron chi connectivity index (χ4n) is 5.22. The van der Waals surface area contributed by atoms with Crippen molar-refractivity contribution in [2.24, 2.45) is 5.92 Å². The second-order valence-electron chi connectivity index (χ2n) is 9.98. The Morgan fingerprint density at radius 1 is 0.625 bits per heavy atom. The van der Waals surface area contributed by atoms with Crippen molar-refractivity contribution in [2.75, 3.05) is 6.61 Å². The van der Waals surface area contributed by atoms with Gasteiger partial charge in [0.1, 0.15) is 5.75 Å². The van der Waals surface area contributed by atoms with E-state index < -0.39 is 0 Å². The summed E-state index contributed by atoms with van der Waals surface area (Å²) in [7, 11) is 0. The lowest BCUT2D eigenvalue weighted by Crippen LogP contribution is -2.13. The second kappa shape index (κ2) is 14.4. The number of hydrogen-bond donors (Lipinski definition) is 0. The standard InChI is InChI=1S/C31H46O/c1-3-5-7-8-9-10-11-25-32-31-23-21-30(22-24-31)29-19-17-28(18-20-29)27-15-13-26(14-16-27)12-6-4-2/h17-24,26-27H,3-16,25H2,1-2H3. The van der Waals surface area contributed by atoms with Crippen molar-refractivity contribution in [1.82, 2.24) is 0 Å². The summed E-state index contributed by atoms with van der Waals surface area (Å²) in [6.07, 6.45) is 19.1. The topological polar surface area (TPSA) is 9.23 Å². The molecule has 0 aliphatic heterocycles. The van der Waals surface area contributed by atoms with Gasteiger partial charge in [0.2, 0.25) is 0 Å². The van der Waals surface area contributed by atoms with Crippen LogP contribution >= 0.6 is 0 Å².